The molecule has 3 fully saturated rings. The fourth-order valence-electron chi connectivity index (χ4n) is 6.46. The van der Waals surface area contributed by atoms with Crippen molar-refractivity contribution in [2.75, 3.05) is 7.05 Å². The number of aliphatic imine (C=N–C) groups is 1. The van der Waals surface area contributed by atoms with Crippen molar-refractivity contribution in [3.05, 3.63) is 0 Å². The average Bonchev–Trinajstić information content (AvgIpc) is 3.24. The van der Waals surface area contributed by atoms with Gasteiger partial charge in [0, 0.05) is 19.5 Å². The van der Waals surface area contributed by atoms with Crippen LogP contribution in [0.2, 0.25) is 0 Å². The van der Waals surface area contributed by atoms with E-state index in [9.17, 15) is 9.59 Å². The molecular weight excluding hydrogens is 376 g/mol. The molecular formula is C24H40N4O2. The van der Waals surface area contributed by atoms with Crippen molar-refractivity contribution in [3.63, 3.8) is 0 Å². The van der Waals surface area contributed by atoms with Crippen LogP contribution in [0.5, 0.6) is 0 Å². The Hall–Kier alpha value is -1.43. The highest BCUT2D eigenvalue weighted by molar-refractivity contribution is 6.06. The Morgan fingerprint density at radius 2 is 1.80 bits per heavy atom. The molecule has 0 radical (unpaired) electrons. The summed E-state index contributed by atoms with van der Waals surface area (Å²) in [5, 5.41) is 3.64. The number of Topliss-reactive ketones (excluding diaryl/α,β-unsaturated/α-hetero) is 1. The Morgan fingerprint density at radius 1 is 1.03 bits per heavy atom. The van der Waals surface area contributed by atoms with Crippen LogP contribution in [0.15, 0.2) is 4.99 Å². The number of carbonyl (C=O) groups excluding carboxylic acids is 2. The Morgan fingerprint density at radius 3 is 2.47 bits per heavy atom. The molecule has 4 atom stereocenters. The third kappa shape index (κ3) is 4.74. The zero-order valence-electron chi connectivity index (χ0n) is 18.7. The third-order valence-corrected chi connectivity index (χ3v) is 8.22. The number of likely N-dealkylation sites (N-methyl/N-ethyl adjacent to an activating group) is 1. The van der Waals surface area contributed by atoms with E-state index in [2.05, 4.69) is 5.32 Å². The lowest BCUT2D eigenvalue weighted by Crippen LogP contribution is -2.46. The van der Waals surface area contributed by atoms with Gasteiger partial charge in [-0.15, -0.1) is 0 Å². The van der Waals surface area contributed by atoms with Crippen LogP contribution in [0.1, 0.15) is 96.3 Å². The number of hydrogen-bond acceptors (Lipinski definition) is 5. The summed E-state index contributed by atoms with van der Waals surface area (Å²) in [4.78, 5) is 31.7. The Bertz CT molecular complexity index is 672. The number of rotatable bonds is 7. The van der Waals surface area contributed by atoms with E-state index in [-0.39, 0.29) is 11.9 Å². The van der Waals surface area contributed by atoms with Crippen molar-refractivity contribution in [1.82, 2.24) is 10.2 Å². The first-order valence-electron chi connectivity index (χ1n) is 12.4. The van der Waals surface area contributed by atoms with Crippen molar-refractivity contribution in [3.8, 4) is 0 Å². The molecule has 1 amide bonds. The highest BCUT2D eigenvalue weighted by Gasteiger charge is 2.48. The van der Waals surface area contributed by atoms with Gasteiger partial charge in [0.05, 0.1) is 6.04 Å². The molecule has 6 nitrogen and oxygen atoms in total. The van der Waals surface area contributed by atoms with E-state index in [1.807, 2.05) is 0 Å². The van der Waals surface area contributed by atoms with E-state index in [0.717, 1.165) is 70.1 Å². The minimum absolute atomic E-state index is 0.0573. The number of amides is 1. The number of ketones is 1. The molecule has 0 bridgehead atoms. The zero-order chi connectivity index (χ0) is 21.1. The molecule has 0 aromatic heterocycles. The number of hydrogen-bond donors (Lipinski definition) is 2. The fourth-order valence-corrected chi connectivity index (χ4v) is 6.46. The van der Waals surface area contributed by atoms with Gasteiger partial charge in [0.1, 0.15) is 11.3 Å². The first-order valence-corrected chi connectivity index (χ1v) is 12.4. The molecule has 0 aromatic rings. The maximum absolute atomic E-state index is 13.3. The van der Waals surface area contributed by atoms with Crippen LogP contribution in [0, 0.1) is 11.8 Å². The first kappa shape index (κ1) is 21.8. The van der Waals surface area contributed by atoms with E-state index in [0.29, 0.717) is 23.7 Å². The minimum atomic E-state index is -0.661. The minimum Gasteiger partial charge on any atom is -0.369 e. The number of nitrogens with two attached hydrogens (primary N) is 1. The summed E-state index contributed by atoms with van der Waals surface area (Å²) < 4.78 is 0. The summed E-state index contributed by atoms with van der Waals surface area (Å²) in [7, 11) is 1.76. The number of carbonyl (C=O) groups is 2. The second-order valence-electron chi connectivity index (χ2n) is 10.4. The van der Waals surface area contributed by atoms with E-state index in [1.165, 1.54) is 32.1 Å². The Kier molecular flexibility index (Phi) is 6.81. The standard InChI is InChI=1S/C24H40N4O2/c1-28-22(30)24(27-23(28)25,14-13-17-7-3-2-4-8-17)16-18-9-5-10-19(15-18)26-20-11-6-12-21(20)29/h17-20,26H,2-16H2,1H3,(H2,25,27)/t18-,19?,20+,24+/m0/s1. The summed E-state index contributed by atoms with van der Waals surface area (Å²) in [6.45, 7) is 0. The topological polar surface area (TPSA) is 87.8 Å². The molecule has 4 aliphatic rings. The number of nitrogens with zero attached hydrogens (tertiary/aromatic N) is 2. The molecule has 3 N–H and O–H groups in total. The lowest BCUT2D eigenvalue weighted by atomic mass is 9.74. The predicted octanol–water partition coefficient (Wildman–Crippen LogP) is 3.53. The molecule has 6 heteroatoms. The van der Waals surface area contributed by atoms with Gasteiger partial charge in [-0.2, -0.15) is 0 Å². The number of nitrogens with one attached hydrogen (secondary N) is 1. The van der Waals surface area contributed by atoms with Gasteiger partial charge < -0.3 is 11.1 Å². The molecule has 1 unspecified atom stereocenters. The van der Waals surface area contributed by atoms with Crippen molar-refractivity contribution < 1.29 is 9.59 Å². The summed E-state index contributed by atoms with van der Waals surface area (Å²) in [5.41, 5.74) is 5.45. The van der Waals surface area contributed by atoms with Crippen LogP contribution in [0.3, 0.4) is 0 Å². The lowest BCUT2D eigenvalue weighted by Gasteiger charge is -2.36. The fraction of sp³-hybridized carbons (Fsp3) is 0.875. The molecule has 3 aliphatic carbocycles. The van der Waals surface area contributed by atoms with Gasteiger partial charge in [-0.1, -0.05) is 44.9 Å². The van der Waals surface area contributed by atoms with Gasteiger partial charge in [-0.3, -0.25) is 14.5 Å². The summed E-state index contributed by atoms with van der Waals surface area (Å²) in [6, 6.07) is 0.448. The molecule has 1 aliphatic heterocycles. The number of guanidine groups is 1. The van der Waals surface area contributed by atoms with E-state index in [4.69, 9.17) is 10.7 Å². The van der Waals surface area contributed by atoms with Crippen LogP contribution in [-0.2, 0) is 9.59 Å². The Balaban J connectivity index is 1.40. The quantitative estimate of drug-likeness (QED) is 0.664. The first-order chi connectivity index (χ1) is 14.5. The summed E-state index contributed by atoms with van der Waals surface area (Å²) >= 11 is 0. The molecule has 0 aromatic carbocycles. The van der Waals surface area contributed by atoms with Gasteiger partial charge in [0.25, 0.3) is 5.91 Å². The highest BCUT2D eigenvalue weighted by atomic mass is 16.2. The van der Waals surface area contributed by atoms with Gasteiger partial charge in [0.2, 0.25) is 0 Å². The monoisotopic (exact) mass is 416 g/mol. The molecule has 4 rings (SSSR count). The average molecular weight is 417 g/mol. The largest absolute Gasteiger partial charge is 0.369 e. The van der Waals surface area contributed by atoms with Crippen molar-refractivity contribution in [2.45, 2.75) is 114 Å². The zero-order valence-corrected chi connectivity index (χ0v) is 18.7. The molecule has 0 spiro atoms. The third-order valence-electron chi connectivity index (χ3n) is 8.22. The van der Waals surface area contributed by atoms with Crippen LogP contribution in [0.4, 0.5) is 0 Å². The van der Waals surface area contributed by atoms with Gasteiger partial charge in [0.15, 0.2) is 5.96 Å². The van der Waals surface area contributed by atoms with Crippen molar-refractivity contribution in [1.29, 1.82) is 0 Å². The normalized spacial score (nSPS) is 35.8. The second-order valence-corrected chi connectivity index (χ2v) is 10.4. The lowest BCUT2D eigenvalue weighted by molar-refractivity contribution is -0.131. The van der Waals surface area contributed by atoms with Crippen LogP contribution >= 0.6 is 0 Å². The molecule has 30 heavy (non-hydrogen) atoms. The van der Waals surface area contributed by atoms with E-state index >= 15 is 0 Å². The van der Waals surface area contributed by atoms with E-state index in [1.54, 1.807) is 11.9 Å². The second kappa shape index (κ2) is 9.37. The molecule has 1 heterocycles. The summed E-state index contributed by atoms with van der Waals surface area (Å²) in [5.74, 6) is 2.06. The highest BCUT2D eigenvalue weighted by Crippen LogP contribution is 2.40. The van der Waals surface area contributed by atoms with Crippen LogP contribution in [-0.4, -0.2) is 47.2 Å². The van der Waals surface area contributed by atoms with Crippen molar-refractivity contribution >= 4 is 17.6 Å². The van der Waals surface area contributed by atoms with Gasteiger partial charge >= 0.3 is 0 Å². The maximum atomic E-state index is 13.3. The van der Waals surface area contributed by atoms with Gasteiger partial charge in [-0.25, -0.2) is 4.99 Å². The molecule has 0 saturated heterocycles. The van der Waals surface area contributed by atoms with Crippen molar-refractivity contribution in [2.24, 2.45) is 22.6 Å². The molecule has 3 saturated carbocycles. The molecule has 168 valence electrons. The van der Waals surface area contributed by atoms with Crippen LogP contribution < -0.4 is 11.1 Å². The Labute approximate surface area is 181 Å². The van der Waals surface area contributed by atoms with E-state index < -0.39 is 5.54 Å². The summed E-state index contributed by atoms with van der Waals surface area (Å²) in [6.07, 6.45) is 16.5. The van der Waals surface area contributed by atoms with Gasteiger partial charge in [-0.05, 0) is 56.8 Å². The van der Waals surface area contributed by atoms with Crippen LogP contribution in [0.25, 0.3) is 0 Å². The smallest absolute Gasteiger partial charge is 0.257 e. The maximum Gasteiger partial charge on any atom is 0.257 e. The predicted molar refractivity (Wildman–Crippen MR) is 119 cm³/mol. The SMILES string of the molecule is CN1C(=O)[C@@](CCC2CCCCC2)(C[C@H]2CCCC(N[C@@H]3CCCC3=O)C2)N=C1N.